The Morgan fingerprint density at radius 1 is 1.00 bits per heavy atom. The summed E-state index contributed by atoms with van der Waals surface area (Å²) in [7, 11) is -3.92. The van der Waals surface area contributed by atoms with E-state index < -0.39 is 21.7 Å². The molecule has 0 fully saturated rings. The van der Waals surface area contributed by atoms with E-state index >= 15 is 0 Å². The molecule has 7 heteroatoms. The number of benzene rings is 2. The molecule has 0 aliphatic rings. The largest absolute Gasteiger partial charge is 0.487 e. The van der Waals surface area contributed by atoms with Gasteiger partial charge in [0, 0.05) is 0 Å². The van der Waals surface area contributed by atoms with Crippen molar-refractivity contribution in [2.75, 3.05) is 10.1 Å². The Morgan fingerprint density at radius 2 is 1.61 bits per heavy atom. The summed E-state index contributed by atoms with van der Waals surface area (Å²) >= 11 is 0. The minimum absolute atomic E-state index is 0.140. The Morgan fingerprint density at radius 3 is 2.21 bits per heavy atom. The molecule has 0 saturated heterocycles. The molecule has 0 N–H and O–H groups in total. The number of rotatable bonds is 7. The van der Waals surface area contributed by atoms with Crippen LogP contribution in [0.2, 0.25) is 0 Å². The van der Waals surface area contributed by atoms with E-state index in [0.29, 0.717) is 10.7 Å². The van der Waals surface area contributed by atoms with Gasteiger partial charge in [-0.2, -0.15) is 4.31 Å². The lowest BCUT2D eigenvalue weighted by molar-refractivity contribution is 0.0608. The smallest absolute Gasteiger partial charge is 0.429 e. The molecule has 0 aliphatic heterocycles. The van der Waals surface area contributed by atoms with Crippen molar-refractivity contribution in [3.8, 4) is 5.75 Å². The molecule has 2 rings (SSSR count). The number of para-hydroxylation sites is 2. The highest BCUT2D eigenvalue weighted by Gasteiger charge is 2.34. The number of hydrogen-bond donors (Lipinski definition) is 0. The molecule has 152 valence electrons. The molecule has 0 heterocycles. The van der Waals surface area contributed by atoms with Crippen molar-refractivity contribution >= 4 is 21.8 Å². The van der Waals surface area contributed by atoms with Crippen LogP contribution >= 0.6 is 0 Å². The molecule has 6 nitrogen and oxygen atoms in total. The molecule has 1 amide bonds. The van der Waals surface area contributed by atoms with Gasteiger partial charge in [0.15, 0.2) is 0 Å². The van der Waals surface area contributed by atoms with Crippen LogP contribution in [0.5, 0.6) is 5.75 Å². The van der Waals surface area contributed by atoms with Crippen LogP contribution in [0, 0.1) is 0 Å². The predicted octanol–water partition coefficient (Wildman–Crippen LogP) is 4.75. The first-order valence-electron chi connectivity index (χ1n) is 9.16. The minimum Gasteiger partial charge on any atom is -0.487 e. The summed E-state index contributed by atoms with van der Waals surface area (Å²) in [6.45, 7) is 7.05. The van der Waals surface area contributed by atoms with Crippen molar-refractivity contribution in [1.82, 2.24) is 0 Å². The summed E-state index contributed by atoms with van der Waals surface area (Å²) in [5.41, 5.74) is 0.232. The lowest BCUT2D eigenvalue weighted by Gasteiger charge is -2.28. The van der Waals surface area contributed by atoms with E-state index in [-0.39, 0.29) is 23.8 Å². The van der Waals surface area contributed by atoms with Crippen molar-refractivity contribution in [1.29, 1.82) is 0 Å². The monoisotopic (exact) mass is 405 g/mol. The molecule has 0 aromatic heterocycles. The molecule has 0 spiro atoms. The van der Waals surface area contributed by atoms with Crippen LogP contribution in [0.3, 0.4) is 0 Å². The summed E-state index contributed by atoms with van der Waals surface area (Å²) < 4.78 is 37.6. The lowest BCUT2D eigenvalue weighted by atomic mass is 10.2. The molecule has 2 aromatic carbocycles. The molecule has 0 unspecified atom stereocenters. The summed E-state index contributed by atoms with van der Waals surface area (Å²) in [6, 6.07) is 16.1. The lowest BCUT2D eigenvalue weighted by Crippen LogP contribution is -2.42. The first-order chi connectivity index (χ1) is 13.1. The van der Waals surface area contributed by atoms with Crippen LogP contribution in [-0.2, 0) is 21.4 Å². The highest BCUT2D eigenvalue weighted by molar-refractivity contribution is 7.93. The maximum atomic E-state index is 12.9. The Kier molecular flexibility index (Phi) is 7.07. The van der Waals surface area contributed by atoms with Gasteiger partial charge in [0.05, 0.1) is 5.75 Å². The zero-order valence-corrected chi connectivity index (χ0v) is 17.5. The fourth-order valence-corrected chi connectivity index (χ4v) is 3.91. The number of amides is 1. The topological polar surface area (TPSA) is 72.9 Å². The summed E-state index contributed by atoms with van der Waals surface area (Å²) in [5, 5.41) is 0. The zero-order chi connectivity index (χ0) is 20.8. The zero-order valence-electron chi connectivity index (χ0n) is 16.7. The van der Waals surface area contributed by atoms with Crippen LogP contribution in [0.25, 0.3) is 0 Å². The van der Waals surface area contributed by atoms with E-state index in [1.54, 1.807) is 45.9 Å². The average molecular weight is 406 g/mol. The number of anilines is 1. The van der Waals surface area contributed by atoms with E-state index in [0.717, 1.165) is 5.56 Å². The fourth-order valence-electron chi connectivity index (χ4n) is 2.50. The Balaban J connectivity index is 2.41. The molecular weight excluding hydrogens is 378 g/mol. The molecule has 0 radical (unpaired) electrons. The van der Waals surface area contributed by atoms with Gasteiger partial charge in [0.2, 0.25) is 10.0 Å². The molecule has 0 saturated carbocycles. The van der Waals surface area contributed by atoms with Crippen molar-refractivity contribution in [2.45, 2.75) is 46.3 Å². The quantitative estimate of drug-likeness (QED) is 0.665. The summed E-state index contributed by atoms with van der Waals surface area (Å²) in [4.78, 5) is 12.8. The van der Waals surface area contributed by atoms with E-state index in [9.17, 15) is 13.2 Å². The van der Waals surface area contributed by atoms with Crippen molar-refractivity contribution in [2.24, 2.45) is 0 Å². The SMILES string of the molecule is CCCS(=O)(=O)N(C(=O)OC(C)(C)C)c1ccccc1OCc1ccccc1. The van der Waals surface area contributed by atoms with Gasteiger partial charge in [-0.05, 0) is 44.9 Å². The Labute approximate surface area is 167 Å². The van der Waals surface area contributed by atoms with Crippen LogP contribution in [-0.4, -0.2) is 25.9 Å². The highest BCUT2D eigenvalue weighted by Crippen LogP contribution is 2.32. The number of carbonyl (C=O) groups is 1. The van der Waals surface area contributed by atoms with Crippen LogP contribution in [0.15, 0.2) is 54.6 Å². The number of sulfonamides is 1. The van der Waals surface area contributed by atoms with E-state index in [1.807, 2.05) is 30.3 Å². The number of hydrogen-bond acceptors (Lipinski definition) is 5. The van der Waals surface area contributed by atoms with Gasteiger partial charge < -0.3 is 9.47 Å². The first-order valence-corrected chi connectivity index (χ1v) is 10.8. The van der Waals surface area contributed by atoms with E-state index in [2.05, 4.69) is 0 Å². The summed E-state index contributed by atoms with van der Waals surface area (Å²) in [5.74, 6) is 0.108. The van der Waals surface area contributed by atoms with Crippen LogP contribution in [0.4, 0.5) is 10.5 Å². The van der Waals surface area contributed by atoms with Crippen LogP contribution in [0.1, 0.15) is 39.7 Å². The van der Waals surface area contributed by atoms with Gasteiger partial charge in [0.25, 0.3) is 0 Å². The van der Waals surface area contributed by atoms with E-state index in [4.69, 9.17) is 9.47 Å². The maximum absolute atomic E-state index is 12.9. The molecule has 2 aromatic rings. The van der Waals surface area contributed by atoms with Crippen molar-refractivity contribution < 1.29 is 22.7 Å². The van der Waals surface area contributed by atoms with Crippen molar-refractivity contribution in [3.63, 3.8) is 0 Å². The number of carbonyl (C=O) groups excluding carboxylic acids is 1. The van der Waals surface area contributed by atoms with Gasteiger partial charge in [-0.3, -0.25) is 0 Å². The second-order valence-corrected chi connectivity index (χ2v) is 9.24. The number of nitrogens with zero attached hydrogens (tertiary/aromatic N) is 1. The summed E-state index contributed by atoms with van der Waals surface area (Å²) in [6.07, 6.45) is -0.578. The van der Waals surface area contributed by atoms with Gasteiger partial charge in [0.1, 0.15) is 23.6 Å². The minimum atomic E-state index is -3.92. The third-order valence-electron chi connectivity index (χ3n) is 3.62. The molecule has 28 heavy (non-hydrogen) atoms. The fraction of sp³-hybridized carbons (Fsp3) is 0.381. The van der Waals surface area contributed by atoms with Crippen LogP contribution < -0.4 is 9.04 Å². The molecule has 0 bridgehead atoms. The second kappa shape index (κ2) is 9.10. The van der Waals surface area contributed by atoms with Gasteiger partial charge in [-0.1, -0.05) is 49.4 Å². The highest BCUT2D eigenvalue weighted by atomic mass is 32.2. The predicted molar refractivity (Wildman–Crippen MR) is 110 cm³/mol. The van der Waals surface area contributed by atoms with Crippen molar-refractivity contribution in [3.05, 3.63) is 60.2 Å². The Bertz CT molecular complexity index is 889. The van der Waals surface area contributed by atoms with Gasteiger partial charge in [-0.25, -0.2) is 13.2 Å². The average Bonchev–Trinajstić information content (AvgIpc) is 2.60. The third-order valence-corrected chi connectivity index (χ3v) is 5.45. The normalized spacial score (nSPS) is 11.7. The number of ether oxygens (including phenoxy) is 2. The van der Waals surface area contributed by atoms with Gasteiger partial charge >= 0.3 is 6.09 Å². The van der Waals surface area contributed by atoms with E-state index in [1.165, 1.54) is 6.07 Å². The Hall–Kier alpha value is -2.54. The molecular formula is C21H27NO5S. The standard InChI is InChI=1S/C21H27NO5S/c1-5-15-28(24,25)22(20(23)27-21(2,3)4)18-13-9-10-14-19(18)26-16-17-11-7-6-8-12-17/h6-14H,5,15-16H2,1-4H3. The maximum Gasteiger partial charge on any atom is 0.429 e. The molecule has 0 aliphatic carbocycles. The first kappa shape index (κ1) is 21.8. The van der Waals surface area contributed by atoms with Gasteiger partial charge in [-0.15, -0.1) is 0 Å². The third kappa shape index (κ3) is 5.99. The second-order valence-electron chi connectivity index (χ2n) is 7.30. The molecule has 0 atom stereocenters.